The number of nitrogens with zero attached hydrogens (tertiary/aromatic N) is 1. The number of aliphatic carboxylic acids is 1. The van der Waals surface area contributed by atoms with Gasteiger partial charge in [-0.05, 0) is 26.2 Å². The highest BCUT2D eigenvalue weighted by atomic mass is 16.5. The van der Waals surface area contributed by atoms with Crippen molar-refractivity contribution in [1.82, 2.24) is 4.90 Å². The van der Waals surface area contributed by atoms with Crippen LogP contribution in [0.15, 0.2) is 18.2 Å². The van der Waals surface area contributed by atoms with Crippen LogP contribution in [0.4, 0.5) is 0 Å². The molecule has 0 aliphatic carbocycles. The molecular formula is C11H13NO4. The summed E-state index contributed by atoms with van der Waals surface area (Å²) >= 11 is 0. The molecule has 1 aliphatic rings. The number of likely N-dealkylation sites (N-methyl/N-ethyl adjacent to an activating group) is 1. The van der Waals surface area contributed by atoms with E-state index in [2.05, 4.69) is 0 Å². The molecule has 1 aromatic carbocycles. The van der Waals surface area contributed by atoms with Crippen LogP contribution in [0.25, 0.3) is 0 Å². The van der Waals surface area contributed by atoms with Gasteiger partial charge in [-0.3, -0.25) is 4.90 Å². The number of fused-ring (bicyclic) bond motifs is 1. The molecule has 0 fully saturated rings. The van der Waals surface area contributed by atoms with Crippen molar-refractivity contribution in [2.24, 2.45) is 0 Å². The molecule has 1 aliphatic heterocycles. The molecule has 1 unspecified atom stereocenters. The predicted octanol–water partition coefficient (Wildman–Crippen LogP) is 0.626. The lowest BCUT2D eigenvalue weighted by atomic mass is 9.91. The van der Waals surface area contributed by atoms with Crippen molar-refractivity contribution >= 4 is 5.97 Å². The van der Waals surface area contributed by atoms with E-state index >= 15 is 0 Å². The molecule has 1 heterocycles. The molecule has 5 heteroatoms. The lowest BCUT2D eigenvalue weighted by Crippen LogP contribution is -2.49. The number of hydrogen-bond acceptors (Lipinski definition) is 4. The van der Waals surface area contributed by atoms with Gasteiger partial charge in [0, 0.05) is 11.6 Å². The quantitative estimate of drug-likeness (QED) is 0.769. The number of rotatable bonds is 2. The maximum absolute atomic E-state index is 11.4. The van der Waals surface area contributed by atoms with E-state index in [0.717, 1.165) is 0 Å². The minimum absolute atomic E-state index is 0.0497. The summed E-state index contributed by atoms with van der Waals surface area (Å²) < 4.78 is 5.34. The summed E-state index contributed by atoms with van der Waals surface area (Å²) in [6, 6.07) is 4.49. The zero-order chi connectivity index (χ0) is 11.9. The van der Waals surface area contributed by atoms with Gasteiger partial charge in [0.05, 0.1) is 0 Å². The van der Waals surface area contributed by atoms with Crippen molar-refractivity contribution in [1.29, 1.82) is 0 Å². The summed E-state index contributed by atoms with van der Waals surface area (Å²) in [5.41, 5.74) is -0.592. The lowest BCUT2D eigenvalue weighted by molar-refractivity contribution is -0.151. The standard InChI is InChI=1S/C11H13NO4/c1-12(2)11(10(14)15)6-16-9-5-7(13)3-4-8(9)11/h3-5,13H,6H2,1-2H3,(H,14,15). The summed E-state index contributed by atoms with van der Waals surface area (Å²) in [5, 5.41) is 18.7. The summed E-state index contributed by atoms with van der Waals surface area (Å²) in [4.78, 5) is 13.0. The zero-order valence-electron chi connectivity index (χ0n) is 9.10. The molecule has 0 radical (unpaired) electrons. The van der Waals surface area contributed by atoms with Crippen molar-refractivity contribution in [2.45, 2.75) is 5.54 Å². The van der Waals surface area contributed by atoms with Gasteiger partial charge in [-0.2, -0.15) is 0 Å². The number of aromatic hydroxyl groups is 1. The largest absolute Gasteiger partial charge is 0.508 e. The molecule has 1 aromatic rings. The second-order valence-electron chi connectivity index (χ2n) is 4.03. The number of carbonyl (C=O) groups is 1. The van der Waals surface area contributed by atoms with Crippen molar-refractivity contribution in [3.63, 3.8) is 0 Å². The topological polar surface area (TPSA) is 70.0 Å². The van der Waals surface area contributed by atoms with Gasteiger partial charge < -0.3 is 14.9 Å². The highest BCUT2D eigenvalue weighted by Gasteiger charge is 2.49. The van der Waals surface area contributed by atoms with Gasteiger partial charge in [-0.1, -0.05) is 0 Å². The predicted molar refractivity (Wildman–Crippen MR) is 56.6 cm³/mol. The Morgan fingerprint density at radius 2 is 2.19 bits per heavy atom. The first-order valence-electron chi connectivity index (χ1n) is 4.85. The highest BCUT2D eigenvalue weighted by molar-refractivity contribution is 5.83. The molecular weight excluding hydrogens is 210 g/mol. The first kappa shape index (κ1) is 10.8. The first-order chi connectivity index (χ1) is 7.48. The van der Waals surface area contributed by atoms with Crippen LogP contribution in [0.2, 0.25) is 0 Å². The van der Waals surface area contributed by atoms with Crippen LogP contribution in [0, 0.1) is 0 Å². The van der Waals surface area contributed by atoms with Crippen LogP contribution in [0.5, 0.6) is 11.5 Å². The molecule has 16 heavy (non-hydrogen) atoms. The zero-order valence-corrected chi connectivity index (χ0v) is 9.10. The Morgan fingerprint density at radius 1 is 1.50 bits per heavy atom. The van der Waals surface area contributed by atoms with Gasteiger partial charge in [-0.15, -0.1) is 0 Å². The fourth-order valence-corrected chi connectivity index (χ4v) is 1.97. The van der Waals surface area contributed by atoms with E-state index in [9.17, 15) is 15.0 Å². The minimum Gasteiger partial charge on any atom is -0.508 e. The van der Waals surface area contributed by atoms with E-state index in [4.69, 9.17) is 4.74 Å². The van der Waals surface area contributed by atoms with E-state index in [-0.39, 0.29) is 12.4 Å². The summed E-state index contributed by atoms with van der Waals surface area (Å²) in [7, 11) is 3.39. The van der Waals surface area contributed by atoms with E-state index in [0.29, 0.717) is 11.3 Å². The monoisotopic (exact) mass is 223 g/mol. The third-order valence-electron chi connectivity index (χ3n) is 2.96. The number of carboxylic acid groups (broad SMARTS) is 1. The Hall–Kier alpha value is -1.75. The molecule has 1 atom stereocenters. The van der Waals surface area contributed by atoms with E-state index in [1.54, 1.807) is 25.1 Å². The average molecular weight is 223 g/mol. The third kappa shape index (κ3) is 1.25. The summed E-state index contributed by atoms with van der Waals surface area (Å²) in [6.07, 6.45) is 0. The third-order valence-corrected chi connectivity index (χ3v) is 2.96. The van der Waals surface area contributed by atoms with Gasteiger partial charge in [0.25, 0.3) is 0 Å². The molecule has 0 saturated carbocycles. The Morgan fingerprint density at radius 3 is 2.75 bits per heavy atom. The molecule has 0 saturated heterocycles. The molecule has 0 spiro atoms. The van der Waals surface area contributed by atoms with Gasteiger partial charge in [0.15, 0.2) is 5.54 Å². The van der Waals surface area contributed by atoms with Crippen molar-refractivity contribution in [3.8, 4) is 11.5 Å². The average Bonchev–Trinajstić information content (AvgIpc) is 2.56. The van der Waals surface area contributed by atoms with Gasteiger partial charge in [-0.25, -0.2) is 4.79 Å². The molecule has 0 bridgehead atoms. The molecule has 86 valence electrons. The number of phenolic OH excluding ortho intramolecular Hbond substituents is 1. The second kappa shape index (κ2) is 3.38. The van der Waals surface area contributed by atoms with Crippen LogP contribution in [0.1, 0.15) is 5.56 Å². The molecule has 5 nitrogen and oxygen atoms in total. The second-order valence-corrected chi connectivity index (χ2v) is 4.03. The van der Waals surface area contributed by atoms with Crippen molar-refractivity contribution in [3.05, 3.63) is 23.8 Å². The number of hydrogen-bond donors (Lipinski definition) is 2. The number of ether oxygens (including phenoxy) is 1. The SMILES string of the molecule is CN(C)C1(C(=O)O)COc2cc(O)ccc21. The van der Waals surface area contributed by atoms with Crippen LogP contribution in [0.3, 0.4) is 0 Å². The maximum atomic E-state index is 11.4. The fraction of sp³-hybridized carbons (Fsp3) is 0.364. The maximum Gasteiger partial charge on any atom is 0.332 e. The van der Waals surface area contributed by atoms with Gasteiger partial charge >= 0.3 is 5.97 Å². The number of benzene rings is 1. The van der Waals surface area contributed by atoms with Crippen molar-refractivity contribution in [2.75, 3.05) is 20.7 Å². The highest BCUT2D eigenvalue weighted by Crippen LogP contribution is 2.41. The van der Waals surface area contributed by atoms with Crippen LogP contribution < -0.4 is 4.74 Å². The first-order valence-corrected chi connectivity index (χ1v) is 4.85. The van der Waals surface area contributed by atoms with Crippen LogP contribution in [-0.4, -0.2) is 41.8 Å². The molecule has 2 rings (SSSR count). The normalized spacial score (nSPS) is 22.9. The Kier molecular flexibility index (Phi) is 2.27. The smallest absolute Gasteiger partial charge is 0.332 e. The van der Waals surface area contributed by atoms with Crippen molar-refractivity contribution < 1.29 is 19.7 Å². The van der Waals surface area contributed by atoms with Crippen LogP contribution in [-0.2, 0) is 10.3 Å². The minimum atomic E-state index is -1.16. The van der Waals surface area contributed by atoms with E-state index in [1.807, 2.05) is 0 Å². The van der Waals surface area contributed by atoms with E-state index < -0.39 is 11.5 Å². The summed E-state index contributed by atoms with van der Waals surface area (Å²) in [6.45, 7) is 0.0497. The summed E-state index contributed by atoms with van der Waals surface area (Å²) in [5.74, 6) is -0.461. The van der Waals surface area contributed by atoms with Gasteiger partial charge in [0.2, 0.25) is 0 Å². The fourth-order valence-electron chi connectivity index (χ4n) is 1.97. The number of phenols is 1. The molecule has 0 amide bonds. The lowest BCUT2D eigenvalue weighted by Gasteiger charge is -2.30. The van der Waals surface area contributed by atoms with Gasteiger partial charge in [0.1, 0.15) is 18.1 Å². The number of carboxylic acids is 1. The Labute approximate surface area is 92.9 Å². The molecule has 0 aromatic heterocycles. The molecule has 2 N–H and O–H groups in total. The Bertz CT molecular complexity index is 444. The Balaban J connectivity index is 2.60. The van der Waals surface area contributed by atoms with Crippen LogP contribution >= 0.6 is 0 Å². The van der Waals surface area contributed by atoms with E-state index in [1.165, 1.54) is 12.1 Å².